The Balaban J connectivity index is 1.70. The molecule has 1 aliphatic heterocycles. The third-order valence-corrected chi connectivity index (χ3v) is 6.50. The van der Waals surface area contributed by atoms with Crippen molar-refractivity contribution in [3.8, 4) is 0 Å². The lowest BCUT2D eigenvalue weighted by molar-refractivity contribution is -0.137. The highest BCUT2D eigenvalue weighted by molar-refractivity contribution is 6.12. The van der Waals surface area contributed by atoms with Gasteiger partial charge in [-0.15, -0.1) is 0 Å². The van der Waals surface area contributed by atoms with Crippen molar-refractivity contribution in [3.63, 3.8) is 0 Å². The minimum atomic E-state index is -0.933. The third-order valence-electron chi connectivity index (χ3n) is 6.50. The maximum Gasteiger partial charge on any atom is 0.409 e. The van der Waals surface area contributed by atoms with Gasteiger partial charge in [-0.2, -0.15) is 0 Å². The van der Waals surface area contributed by atoms with Gasteiger partial charge < -0.3 is 30.9 Å². The number of amides is 7. The van der Waals surface area contributed by atoms with E-state index in [9.17, 15) is 33.6 Å². The maximum absolute atomic E-state index is 12.9. The second-order valence-corrected chi connectivity index (χ2v) is 10.2. The SMILES string of the molecule is CCCOC(=O)N(C)CCNC(=O)[C@H](Cc1ccccc1)NC(=O)CNC(=O)CNC(=O)CCCCCN1C(=O)C=CC1=O. The second-order valence-electron chi connectivity index (χ2n) is 10.2. The average Bonchev–Trinajstić information content (AvgIpc) is 3.33. The zero-order valence-electron chi connectivity index (χ0n) is 25.3. The summed E-state index contributed by atoms with van der Waals surface area (Å²) in [5.41, 5.74) is 0.815. The molecular formula is C30H42N6O8. The summed E-state index contributed by atoms with van der Waals surface area (Å²) in [4.78, 5) is 87.1. The van der Waals surface area contributed by atoms with Crippen LogP contribution in [0.25, 0.3) is 0 Å². The molecular weight excluding hydrogens is 572 g/mol. The summed E-state index contributed by atoms with van der Waals surface area (Å²) in [5, 5.41) is 10.3. The molecule has 1 aromatic rings. The van der Waals surface area contributed by atoms with E-state index in [2.05, 4.69) is 21.3 Å². The fourth-order valence-electron chi connectivity index (χ4n) is 4.06. The first-order valence-electron chi connectivity index (χ1n) is 14.7. The quantitative estimate of drug-likeness (QED) is 0.124. The molecule has 1 aromatic carbocycles. The number of likely N-dealkylation sites (N-methyl/N-ethyl adjacent to an activating group) is 1. The summed E-state index contributed by atoms with van der Waals surface area (Å²) >= 11 is 0. The van der Waals surface area contributed by atoms with Gasteiger partial charge in [0, 0.05) is 51.7 Å². The first kappa shape index (κ1) is 35.4. The van der Waals surface area contributed by atoms with E-state index in [-0.39, 0.29) is 56.7 Å². The number of benzene rings is 1. The number of rotatable bonds is 19. The Labute approximate surface area is 256 Å². The standard InChI is InChI=1S/C30H42N6O8/c1-3-18-44-30(43)35(2)17-15-31-29(42)23(19-22-10-6-4-7-11-22)34-26(39)21-33-25(38)20-32-24(37)12-8-5-9-16-36-27(40)13-14-28(36)41/h4,6-7,10-11,13-14,23H,3,5,8-9,12,15-21H2,1-2H3,(H,31,42)(H,32,37)(H,33,38)(H,34,39)/t23-/m0/s1. The predicted octanol–water partition coefficient (Wildman–Crippen LogP) is 0.0263. The van der Waals surface area contributed by atoms with Gasteiger partial charge in [-0.1, -0.05) is 43.7 Å². The lowest BCUT2D eigenvalue weighted by Gasteiger charge is -2.21. The summed E-state index contributed by atoms with van der Waals surface area (Å²) in [6.45, 7) is 2.10. The monoisotopic (exact) mass is 614 g/mol. The lowest BCUT2D eigenvalue weighted by Crippen LogP contribution is -2.52. The number of unbranched alkanes of at least 4 members (excludes halogenated alkanes) is 2. The van der Waals surface area contributed by atoms with E-state index < -0.39 is 36.4 Å². The van der Waals surface area contributed by atoms with Gasteiger partial charge in [-0.25, -0.2) is 4.79 Å². The van der Waals surface area contributed by atoms with Gasteiger partial charge in [0.1, 0.15) is 6.04 Å². The maximum atomic E-state index is 12.9. The molecule has 0 fully saturated rings. The van der Waals surface area contributed by atoms with Crippen LogP contribution in [0.15, 0.2) is 42.5 Å². The number of hydrogen-bond acceptors (Lipinski definition) is 8. The summed E-state index contributed by atoms with van der Waals surface area (Å²) in [5.74, 6) is -2.64. The van der Waals surface area contributed by atoms with E-state index in [4.69, 9.17) is 4.74 Å². The highest BCUT2D eigenvalue weighted by atomic mass is 16.6. The molecule has 4 N–H and O–H groups in total. The fourth-order valence-corrected chi connectivity index (χ4v) is 4.06. The molecule has 7 amide bonds. The molecule has 0 radical (unpaired) electrons. The van der Waals surface area contributed by atoms with Crippen molar-refractivity contribution in [1.29, 1.82) is 0 Å². The minimum Gasteiger partial charge on any atom is -0.449 e. The Bertz CT molecular complexity index is 1170. The highest BCUT2D eigenvalue weighted by Gasteiger charge is 2.23. The molecule has 1 atom stereocenters. The predicted molar refractivity (Wildman–Crippen MR) is 160 cm³/mol. The zero-order chi connectivity index (χ0) is 32.3. The number of carbonyl (C=O) groups excluding carboxylic acids is 7. The number of nitrogens with zero attached hydrogens (tertiary/aromatic N) is 2. The van der Waals surface area contributed by atoms with Crippen molar-refractivity contribution in [2.24, 2.45) is 0 Å². The van der Waals surface area contributed by atoms with Crippen LogP contribution in [0.5, 0.6) is 0 Å². The van der Waals surface area contributed by atoms with Gasteiger partial charge in [0.15, 0.2) is 0 Å². The van der Waals surface area contributed by atoms with Crippen molar-refractivity contribution in [3.05, 3.63) is 48.0 Å². The molecule has 0 bridgehead atoms. The fraction of sp³-hybridized carbons (Fsp3) is 0.500. The van der Waals surface area contributed by atoms with Crippen LogP contribution in [-0.2, 0) is 39.9 Å². The highest BCUT2D eigenvalue weighted by Crippen LogP contribution is 2.08. The Hall–Kier alpha value is -4.75. The van der Waals surface area contributed by atoms with Crippen LogP contribution in [0, 0.1) is 0 Å². The Morgan fingerprint density at radius 1 is 0.864 bits per heavy atom. The number of carbonyl (C=O) groups is 7. The largest absolute Gasteiger partial charge is 0.449 e. The lowest BCUT2D eigenvalue weighted by atomic mass is 10.1. The third kappa shape index (κ3) is 13.5. The summed E-state index contributed by atoms with van der Waals surface area (Å²) in [6.07, 6.45) is 4.73. The normalized spacial score (nSPS) is 12.8. The van der Waals surface area contributed by atoms with E-state index in [1.54, 1.807) is 7.05 Å². The molecule has 0 spiro atoms. The van der Waals surface area contributed by atoms with E-state index in [0.717, 1.165) is 10.5 Å². The Morgan fingerprint density at radius 3 is 2.20 bits per heavy atom. The summed E-state index contributed by atoms with van der Waals surface area (Å²) < 4.78 is 5.05. The van der Waals surface area contributed by atoms with E-state index in [1.165, 1.54) is 17.1 Å². The number of imide groups is 1. The van der Waals surface area contributed by atoms with Gasteiger partial charge in [-0.3, -0.25) is 33.7 Å². The summed E-state index contributed by atoms with van der Waals surface area (Å²) in [7, 11) is 1.56. The van der Waals surface area contributed by atoms with Gasteiger partial charge in [0.25, 0.3) is 11.8 Å². The van der Waals surface area contributed by atoms with Gasteiger partial charge in [0.2, 0.25) is 23.6 Å². The van der Waals surface area contributed by atoms with E-state index in [0.29, 0.717) is 32.3 Å². The molecule has 0 aromatic heterocycles. The average molecular weight is 615 g/mol. The second kappa shape index (κ2) is 19.4. The molecule has 1 aliphatic rings. The molecule has 0 saturated carbocycles. The van der Waals surface area contributed by atoms with Crippen LogP contribution in [0.3, 0.4) is 0 Å². The number of hydrogen-bond donors (Lipinski definition) is 4. The van der Waals surface area contributed by atoms with E-state index >= 15 is 0 Å². The van der Waals surface area contributed by atoms with Crippen molar-refractivity contribution >= 4 is 41.5 Å². The summed E-state index contributed by atoms with van der Waals surface area (Å²) in [6, 6.07) is 8.17. The first-order valence-corrected chi connectivity index (χ1v) is 14.7. The van der Waals surface area contributed by atoms with Crippen molar-refractivity contribution in [2.45, 2.75) is 51.5 Å². The molecule has 240 valence electrons. The smallest absolute Gasteiger partial charge is 0.409 e. The topological polar surface area (TPSA) is 183 Å². The molecule has 0 saturated heterocycles. The van der Waals surface area contributed by atoms with Gasteiger partial charge in [-0.05, 0) is 24.8 Å². The van der Waals surface area contributed by atoms with Crippen LogP contribution in [0.4, 0.5) is 4.79 Å². The first-order chi connectivity index (χ1) is 21.1. The Morgan fingerprint density at radius 2 is 1.52 bits per heavy atom. The van der Waals surface area contributed by atoms with Crippen LogP contribution < -0.4 is 21.3 Å². The van der Waals surface area contributed by atoms with Crippen LogP contribution in [-0.4, -0.2) is 104 Å². The van der Waals surface area contributed by atoms with Gasteiger partial charge in [0.05, 0.1) is 19.7 Å². The zero-order valence-corrected chi connectivity index (χ0v) is 25.3. The van der Waals surface area contributed by atoms with Crippen molar-refractivity contribution in [2.75, 3.05) is 46.4 Å². The van der Waals surface area contributed by atoms with Crippen molar-refractivity contribution < 1.29 is 38.3 Å². The van der Waals surface area contributed by atoms with Gasteiger partial charge >= 0.3 is 6.09 Å². The molecule has 0 unspecified atom stereocenters. The molecule has 44 heavy (non-hydrogen) atoms. The van der Waals surface area contributed by atoms with E-state index in [1.807, 2.05) is 37.3 Å². The molecule has 1 heterocycles. The molecule has 14 heteroatoms. The number of ether oxygens (including phenoxy) is 1. The van der Waals surface area contributed by atoms with Crippen LogP contribution >= 0.6 is 0 Å². The van der Waals surface area contributed by atoms with Crippen molar-refractivity contribution in [1.82, 2.24) is 31.1 Å². The molecule has 14 nitrogen and oxygen atoms in total. The number of nitrogens with one attached hydrogen (secondary N) is 4. The molecule has 0 aliphatic carbocycles. The molecule has 2 rings (SSSR count). The Kier molecular flexibility index (Phi) is 15.7. The van der Waals surface area contributed by atoms with Crippen LogP contribution in [0.1, 0.15) is 44.6 Å². The minimum absolute atomic E-state index is 0.142. The van der Waals surface area contributed by atoms with Crippen LogP contribution in [0.2, 0.25) is 0 Å².